The third-order valence-corrected chi connectivity index (χ3v) is 8.10. The van der Waals surface area contributed by atoms with Crippen molar-refractivity contribution in [3.05, 3.63) is 82.6 Å². The number of rotatable bonds is 6. The van der Waals surface area contributed by atoms with Crippen LogP contribution in [0.15, 0.2) is 76.4 Å². The van der Waals surface area contributed by atoms with Gasteiger partial charge < -0.3 is 9.84 Å². The molecule has 3 aromatic carbocycles. The monoisotopic (exact) mass is 521 g/mol. The highest BCUT2D eigenvalue weighted by molar-refractivity contribution is 7.90. The summed E-state index contributed by atoms with van der Waals surface area (Å²) in [6.07, 6.45) is 5.16. The van der Waals surface area contributed by atoms with Crippen LogP contribution in [0.25, 0.3) is 16.6 Å². The van der Waals surface area contributed by atoms with Crippen LogP contribution < -0.4 is 15.0 Å². The molecule has 0 unspecified atom stereocenters. The number of carbonyl (C=O) groups is 1. The van der Waals surface area contributed by atoms with E-state index in [1.165, 1.54) is 36.4 Å². The van der Waals surface area contributed by atoms with Crippen LogP contribution in [0.1, 0.15) is 48.5 Å². The number of methoxy groups -OCH3 is 1. The van der Waals surface area contributed by atoms with Crippen LogP contribution in [0.5, 0.6) is 11.5 Å². The van der Waals surface area contributed by atoms with E-state index in [4.69, 9.17) is 4.74 Å². The molecule has 1 heterocycles. The van der Waals surface area contributed by atoms with Crippen molar-refractivity contribution >= 4 is 26.8 Å². The van der Waals surface area contributed by atoms with Crippen LogP contribution in [-0.2, 0) is 10.0 Å². The number of hydrogen-bond donors (Lipinski definition) is 2. The summed E-state index contributed by atoms with van der Waals surface area (Å²) in [5.41, 5.74) is 1.12. The second kappa shape index (κ2) is 9.78. The van der Waals surface area contributed by atoms with Crippen LogP contribution in [0.4, 0.5) is 0 Å². The number of nitrogens with zero attached hydrogens (tertiary/aromatic N) is 2. The van der Waals surface area contributed by atoms with E-state index in [2.05, 4.69) is 0 Å². The number of phenols is 1. The predicted octanol–water partition coefficient (Wildman–Crippen LogP) is 4.13. The first-order chi connectivity index (χ1) is 17.8. The Balaban J connectivity index is 1.57. The minimum absolute atomic E-state index is 0.0506. The quantitative estimate of drug-likeness (QED) is 0.394. The Hall–Kier alpha value is -4.05. The van der Waals surface area contributed by atoms with E-state index < -0.39 is 15.9 Å². The maximum Gasteiger partial charge on any atom is 0.279 e. The zero-order valence-corrected chi connectivity index (χ0v) is 21.1. The lowest BCUT2D eigenvalue weighted by Crippen LogP contribution is -2.30. The Morgan fingerprint density at radius 3 is 2.30 bits per heavy atom. The zero-order valence-electron chi connectivity index (χ0n) is 20.3. The summed E-state index contributed by atoms with van der Waals surface area (Å²) in [4.78, 5) is 26.5. The van der Waals surface area contributed by atoms with Crippen molar-refractivity contribution in [3.63, 3.8) is 0 Å². The Morgan fingerprint density at radius 1 is 0.973 bits per heavy atom. The lowest BCUT2D eigenvalue weighted by Gasteiger charge is -2.26. The van der Waals surface area contributed by atoms with Crippen LogP contribution in [0.3, 0.4) is 0 Å². The number of nitrogens with one attached hydrogen (secondary N) is 1. The smallest absolute Gasteiger partial charge is 0.279 e. The van der Waals surface area contributed by atoms with E-state index in [1.54, 1.807) is 30.0 Å². The van der Waals surface area contributed by atoms with Gasteiger partial charge in [0, 0.05) is 5.56 Å². The largest absolute Gasteiger partial charge is 0.508 e. The average molecular weight is 522 g/mol. The highest BCUT2D eigenvalue weighted by atomic mass is 32.2. The van der Waals surface area contributed by atoms with Crippen molar-refractivity contribution in [2.24, 2.45) is 0 Å². The van der Waals surface area contributed by atoms with Crippen molar-refractivity contribution in [2.75, 3.05) is 7.11 Å². The molecular weight excluding hydrogens is 494 g/mol. The molecule has 0 bridgehead atoms. The third kappa shape index (κ3) is 4.72. The zero-order chi connectivity index (χ0) is 26.2. The minimum Gasteiger partial charge on any atom is -0.508 e. The predicted molar refractivity (Wildman–Crippen MR) is 139 cm³/mol. The lowest BCUT2D eigenvalue weighted by atomic mass is 9.95. The molecule has 1 aromatic heterocycles. The number of phenolic OH excluding ortho intramolecular Hbond substituents is 1. The third-order valence-electron chi connectivity index (χ3n) is 6.76. The van der Waals surface area contributed by atoms with Gasteiger partial charge in [-0.1, -0.05) is 19.3 Å². The van der Waals surface area contributed by atoms with Crippen molar-refractivity contribution in [1.29, 1.82) is 0 Å². The molecule has 9 nitrogen and oxygen atoms in total. The first-order valence-electron chi connectivity index (χ1n) is 12.1. The van der Waals surface area contributed by atoms with Crippen LogP contribution in [-0.4, -0.2) is 35.9 Å². The summed E-state index contributed by atoms with van der Waals surface area (Å²) in [6, 6.07) is 16.9. The molecule has 2 N–H and O–H groups in total. The summed E-state index contributed by atoms with van der Waals surface area (Å²) >= 11 is 0. The molecule has 1 aliphatic rings. The number of ether oxygens (including phenoxy) is 1. The van der Waals surface area contributed by atoms with Gasteiger partial charge in [0.2, 0.25) is 0 Å². The number of aromatic nitrogens is 2. The topological polar surface area (TPSA) is 120 Å². The SMILES string of the molecule is COc1ccc(-n2c(=O)c3cc(C(=O)NS(=O)(=O)c4ccc(O)cc4)ccc3n2C2CCCCC2)cc1. The van der Waals surface area contributed by atoms with Gasteiger partial charge in [0.15, 0.2) is 0 Å². The molecule has 5 rings (SSSR count). The number of fused-ring (bicyclic) bond motifs is 1. The Bertz CT molecular complexity index is 1610. The summed E-state index contributed by atoms with van der Waals surface area (Å²) in [5.74, 6) is -0.270. The second-order valence-electron chi connectivity index (χ2n) is 9.11. The van der Waals surface area contributed by atoms with Crippen molar-refractivity contribution in [2.45, 2.75) is 43.0 Å². The molecule has 192 valence electrons. The number of carbonyl (C=O) groups excluding carboxylic acids is 1. The maximum atomic E-state index is 13.7. The molecule has 1 aliphatic carbocycles. The molecule has 1 fully saturated rings. The Morgan fingerprint density at radius 2 is 1.65 bits per heavy atom. The number of amides is 1. The highest BCUT2D eigenvalue weighted by Crippen LogP contribution is 2.32. The fraction of sp³-hybridized carbons (Fsp3) is 0.259. The van der Waals surface area contributed by atoms with Gasteiger partial charge in [0.1, 0.15) is 11.5 Å². The number of sulfonamides is 1. The minimum atomic E-state index is -4.17. The van der Waals surface area contributed by atoms with Crippen molar-refractivity contribution in [3.8, 4) is 17.2 Å². The van der Waals surface area contributed by atoms with E-state index in [0.29, 0.717) is 22.3 Å². The Labute approximate surface area is 213 Å². The summed E-state index contributed by atoms with van der Waals surface area (Å²) in [5, 5.41) is 9.74. The fourth-order valence-corrected chi connectivity index (χ4v) is 5.86. The normalized spacial score (nSPS) is 14.5. The van der Waals surface area contributed by atoms with Gasteiger partial charge in [-0.2, -0.15) is 0 Å². The molecule has 1 saturated carbocycles. The standard InChI is InChI=1S/C27H27N3O6S/c1-36-22-12-8-20(9-13-22)30-27(33)24-17-18(7-16-25(24)29(30)19-5-3-2-4-6-19)26(32)28-37(34,35)23-14-10-21(31)11-15-23/h7-17,19,31H,2-6H2,1H3,(H,28,32). The number of aromatic hydroxyl groups is 1. The number of hydrogen-bond acceptors (Lipinski definition) is 6. The summed E-state index contributed by atoms with van der Waals surface area (Å²) in [6.45, 7) is 0. The molecular formula is C27H27N3O6S. The summed E-state index contributed by atoms with van der Waals surface area (Å²) < 4.78 is 36.3. The van der Waals surface area contributed by atoms with Gasteiger partial charge in [0.05, 0.1) is 34.6 Å². The van der Waals surface area contributed by atoms with E-state index in [0.717, 1.165) is 32.1 Å². The first-order valence-corrected chi connectivity index (χ1v) is 13.5. The molecule has 10 heteroatoms. The second-order valence-corrected chi connectivity index (χ2v) is 10.8. The van der Waals surface area contributed by atoms with Crippen molar-refractivity contribution < 1.29 is 23.1 Å². The lowest BCUT2D eigenvalue weighted by molar-refractivity contribution is 0.0981. The molecule has 0 spiro atoms. The van der Waals surface area contributed by atoms with Crippen LogP contribution >= 0.6 is 0 Å². The van der Waals surface area contributed by atoms with E-state index in [1.807, 2.05) is 21.5 Å². The van der Waals surface area contributed by atoms with E-state index in [-0.39, 0.29) is 27.8 Å². The van der Waals surface area contributed by atoms with Gasteiger partial charge >= 0.3 is 0 Å². The summed E-state index contributed by atoms with van der Waals surface area (Å²) in [7, 11) is -2.59. The molecule has 0 atom stereocenters. The Kier molecular flexibility index (Phi) is 6.51. The van der Waals surface area contributed by atoms with E-state index in [9.17, 15) is 23.1 Å². The van der Waals surface area contributed by atoms with Crippen LogP contribution in [0.2, 0.25) is 0 Å². The average Bonchev–Trinajstić information content (AvgIpc) is 3.20. The van der Waals surface area contributed by atoms with Gasteiger partial charge in [-0.25, -0.2) is 17.8 Å². The van der Waals surface area contributed by atoms with Crippen LogP contribution in [0, 0.1) is 0 Å². The molecule has 4 aromatic rings. The fourth-order valence-electron chi connectivity index (χ4n) is 4.88. The molecule has 37 heavy (non-hydrogen) atoms. The molecule has 0 saturated heterocycles. The van der Waals surface area contributed by atoms with Gasteiger partial charge in [-0.05, 0) is 79.6 Å². The van der Waals surface area contributed by atoms with Gasteiger partial charge in [0.25, 0.3) is 21.5 Å². The van der Waals surface area contributed by atoms with Gasteiger partial charge in [-0.3, -0.25) is 14.3 Å². The van der Waals surface area contributed by atoms with Crippen molar-refractivity contribution in [1.82, 2.24) is 14.1 Å². The highest BCUT2D eigenvalue weighted by Gasteiger charge is 2.25. The van der Waals surface area contributed by atoms with E-state index >= 15 is 0 Å². The maximum absolute atomic E-state index is 13.7. The molecule has 0 radical (unpaired) electrons. The molecule has 0 aliphatic heterocycles. The van der Waals surface area contributed by atoms with Gasteiger partial charge in [-0.15, -0.1) is 0 Å². The first kappa shape index (κ1) is 24.6. The number of benzene rings is 3. The molecule has 1 amide bonds.